The SMILES string of the molecule is CC1Oc2ccccc2N(Cc2c(N)cccc2F)C1=O. The molecule has 2 N–H and O–H groups in total. The molecule has 1 amide bonds. The number of nitrogen functional groups attached to an aromatic ring is 1. The minimum atomic E-state index is -0.604. The summed E-state index contributed by atoms with van der Waals surface area (Å²) in [6.07, 6.45) is -0.604. The molecule has 108 valence electrons. The molecule has 0 radical (unpaired) electrons. The molecule has 4 nitrogen and oxygen atoms in total. The summed E-state index contributed by atoms with van der Waals surface area (Å²) in [7, 11) is 0. The predicted octanol–water partition coefficient (Wildman–Crippen LogP) is 2.72. The number of rotatable bonds is 2. The molecule has 0 bridgehead atoms. The van der Waals surface area contributed by atoms with Crippen molar-refractivity contribution in [1.82, 2.24) is 0 Å². The summed E-state index contributed by atoms with van der Waals surface area (Å²) >= 11 is 0. The maximum absolute atomic E-state index is 14.0. The molecule has 1 aliphatic heterocycles. The van der Waals surface area contributed by atoms with Crippen molar-refractivity contribution < 1.29 is 13.9 Å². The minimum Gasteiger partial charge on any atom is -0.479 e. The van der Waals surface area contributed by atoms with Gasteiger partial charge in [-0.2, -0.15) is 0 Å². The van der Waals surface area contributed by atoms with Crippen molar-refractivity contribution in [1.29, 1.82) is 0 Å². The largest absolute Gasteiger partial charge is 0.479 e. The molecular weight excluding hydrogens is 271 g/mol. The van der Waals surface area contributed by atoms with Crippen LogP contribution in [0.4, 0.5) is 15.8 Å². The third kappa shape index (κ3) is 2.31. The van der Waals surface area contributed by atoms with Gasteiger partial charge in [0.15, 0.2) is 6.10 Å². The number of halogens is 1. The Morgan fingerprint density at radius 2 is 2.00 bits per heavy atom. The summed E-state index contributed by atoms with van der Waals surface area (Å²) in [6.45, 7) is 1.76. The quantitative estimate of drug-likeness (QED) is 0.864. The number of fused-ring (bicyclic) bond motifs is 1. The van der Waals surface area contributed by atoms with Crippen LogP contribution in [0.1, 0.15) is 12.5 Å². The molecule has 0 saturated heterocycles. The lowest BCUT2D eigenvalue weighted by Gasteiger charge is -2.33. The number of carbonyl (C=O) groups is 1. The van der Waals surface area contributed by atoms with Crippen molar-refractivity contribution in [2.75, 3.05) is 10.6 Å². The first-order valence-electron chi connectivity index (χ1n) is 6.68. The van der Waals surface area contributed by atoms with Gasteiger partial charge in [-0.05, 0) is 31.2 Å². The van der Waals surface area contributed by atoms with Gasteiger partial charge >= 0.3 is 0 Å². The highest BCUT2D eigenvalue weighted by molar-refractivity contribution is 5.99. The smallest absolute Gasteiger partial charge is 0.268 e. The van der Waals surface area contributed by atoms with E-state index in [1.165, 1.54) is 11.0 Å². The van der Waals surface area contributed by atoms with E-state index >= 15 is 0 Å². The molecule has 0 spiro atoms. The molecule has 2 aromatic rings. The highest BCUT2D eigenvalue weighted by Crippen LogP contribution is 2.35. The fraction of sp³-hybridized carbons (Fsp3) is 0.188. The second kappa shape index (κ2) is 5.09. The van der Waals surface area contributed by atoms with Gasteiger partial charge in [-0.1, -0.05) is 18.2 Å². The summed E-state index contributed by atoms with van der Waals surface area (Å²) in [6, 6.07) is 11.7. The van der Waals surface area contributed by atoms with Crippen molar-refractivity contribution in [2.45, 2.75) is 19.6 Å². The fourth-order valence-electron chi connectivity index (χ4n) is 2.42. The molecule has 1 heterocycles. The van der Waals surface area contributed by atoms with E-state index in [1.807, 2.05) is 12.1 Å². The van der Waals surface area contributed by atoms with Crippen molar-refractivity contribution in [3.05, 3.63) is 53.8 Å². The Hall–Kier alpha value is -2.56. The van der Waals surface area contributed by atoms with Crippen molar-refractivity contribution in [2.24, 2.45) is 0 Å². The maximum Gasteiger partial charge on any atom is 0.268 e. The summed E-state index contributed by atoms with van der Waals surface area (Å²) in [5.74, 6) is -0.0183. The number of para-hydroxylation sites is 2. The van der Waals surface area contributed by atoms with Gasteiger partial charge in [-0.25, -0.2) is 4.39 Å². The standard InChI is InChI=1S/C16H15FN2O2/c1-10-16(20)19(14-7-2-3-8-15(14)21-10)9-11-12(17)5-4-6-13(11)18/h2-8,10H,9,18H2,1H3. The molecule has 0 aromatic heterocycles. The number of nitrogens with zero attached hydrogens (tertiary/aromatic N) is 1. The van der Waals surface area contributed by atoms with Gasteiger partial charge in [-0.15, -0.1) is 0 Å². The number of hydrogen-bond donors (Lipinski definition) is 1. The number of ether oxygens (including phenoxy) is 1. The fourth-order valence-corrected chi connectivity index (χ4v) is 2.42. The van der Waals surface area contributed by atoms with E-state index in [0.29, 0.717) is 22.7 Å². The minimum absolute atomic E-state index is 0.0854. The van der Waals surface area contributed by atoms with E-state index in [9.17, 15) is 9.18 Å². The van der Waals surface area contributed by atoms with E-state index in [-0.39, 0.29) is 12.5 Å². The topological polar surface area (TPSA) is 55.6 Å². The van der Waals surface area contributed by atoms with Gasteiger partial charge in [0.25, 0.3) is 5.91 Å². The number of anilines is 2. The average Bonchev–Trinajstić information content (AvgIpc) is 2.46. The van der Waals surface area contributed by atoms with E-state index in [2.05, 4.69) is 0 Å². The van der Waals surface area contributed by atoms with Crippen molar-refractivity contribution in [3.8, 4) is 5.75 Å². The lowest BCUT2D eigenvalue weighted by atomic mass is 10.1. The molecule has 1 unspecified atom stereocenters. The first kappa shape index (κ1) is 13.4. The van der Waals surface area contributed by atoms with Crippen molar-refractivity contribution in [3.63, 3.8) is 0 Å². The third-order valence-electron chi connectivity index (χ3n) is 3.54. The zero-order valence-corrected chi connectivity index (χ0v) is 11.5. The monoisotopic (exact) mass is 286 g/mol. The Bertz CT molecular complexity index is 682. The van der Waals surface area contributed by atoms with Crippen molar-refractivity contribution >= 4 is 17.3 Å². The zero-order valence-electron chi connectivity index (χ0n) is 11.5. The summed E-state index contributed by atoms with van der Waals surface area (Å²) in [4.78, 5) is 13.9. The van der Waals surface area contributed by atoms with Crippen LogP contribution in [0.5, 0.6) is 5.75 Å². The molecule has 2 aromatic carbocycles. The average molecular weight is 286 g/mol. The van der Waals surface area contributed by atoms with Crippen LogP contribution in [0.3, 0.4) is 0 Å². The van der Waals surface area contributed by atoms with E-state index in [4.69, 9.17) is 10.5 Å². The Morgan fingerprint density at radius 3 is 2.76 bits per heavy atom. The summed E-state index contributed by atoms with van der Waals surface area (Å²) < 4.78 is 19.5. The first-order chi connectivity index (χ1) is 10.1. The number of amides is 1. The second-order valence-electron chi connectivity index (χ2n) is 4.96. The van der Waals surface area contributed by atoms with Crippen LogP contribution in [-0.4, -0.2) is 12.0 Å². The van der Waals surface area contributed by atoms with Gasteiger partial charge in [0.1, 0.15) is 11.6 Å². The van der Waals surface area contributed by atoms with Crippen LogP contribution in [-0.2, 0) is 11.3 Å². The number of carbonyl (C=O) groups excluding carboxylic acids is 1. The van der Waals surface area contributed by atoms with Crippen LogP contribution < -0.4 is 15.4 Å². The van der Waals surface area contributed by atoms with Crippen LogP contribution >= 0.6 is 0 Å². The van der Waals surface area contributed by atoms with Gasteiger partial charge in [0.2, 0.25) is 0 Å². The molecule has 1 aliphatic rings. The summed E-state index contributed by atoms with van der Waals surface area (Å²) in [5, 5.41) is 0. The first-order valence-corrected chi connectivity index (χ1v) is 6.68. The lowest BCUT2D eigenvalue weighted by molar-refractivity contribution is -0.125. The molecule has 3 rings (SSSR count). The highest BCUT2D eigenvalue weighted by atomic mass is 19.1. The maximum atomic E-state index is 14.0. The highest BCUT2D eigenvalue weighted by Gasteiger charge is 2.32. The van der Waals surface area contributed by atoms with E-state index in [0.717, 1.165) is 0 Å². The van der Waals surface area contributed by atoms with E-state index in [1.54, 1.807) is 31.2 Å². The van der Waals surface area contributed by atoms with Gasteiger partial charge in [0.05, 0.1) is 12.2 Å². The second-order valence-corrected chi connectivity index (χ2v) is 4.96. The van der Waals surface area contributed by atoms with Crippen LogP contribution in [0.15, 0.2) is 42.5 Å². The number of benzene rings is 2. The Balaban J connectivity index is 2.03. The van der Waals surface area contributed by atoms with Gasteiger partial charge < -0.3 is 15.4 Å². The Labute approximate surface area is 121 Å². The van der Waals surface area contributed by atoms with Gasteiger partial charge in [-0.3, -0.25) is 4.79 Å². The van der Waals surface area contributed by atoms with E-state index < -0.39 is 11.9 Å². The summed E-state index contributed by atoms with van der Waals surface area (Å²) in [5.41, 5.74) is 7.10. The molecule has 0 aliphatic carbocycles. The molecule has 5 heteroatoms. The van der Waals surface area contributed by atoms with Crippen LogP contribution in [0.25, 0.3) is 0 Å². The predicted molar refractivity (Wildman–Crippen MR) is 78.5 cm³/mol. The molecular formula is C16H15FN2O2. The molecule has 0 saturated carbocycles. The third-order valence-corrected chi connectivity index (χ3v) is 3.54. The number of hydrogen-bond acceptors (Lipinski definition) is 3. The lowest BCUT2D eigenvalue weighted by Crippen LogP contribution is -2.44. The molecule has 21 heavy (non-hydrogen) atoms. The van der Waals surface area contributed by atoms with Gasteiger partial charge in [0, 0.05) is 11.3 Å². The normalized spacial score (nSPS) is 17.3. The zero-order chi connectivity index (χ0) is 15.0. The molecule has 0 fully saturated rings. The number of nitrogens with two attached hydrogens (primary N) is 1. The van der Waals surface area contributed by atoms with Crippen LogP contribution in [0.2, 0.25) is 0 Å². The van der Waals surface area contributed by atoms with Crippen LogP contribution in [0, 0.1) is 5.82 Å². The molecule has 1 atom stereocenters. The Kier molecular flexibility index (Phi) is 3.25. The Morgan fingerprint density at radius 1 is 1.24 bits per heavy atom.